The maximum atomic E-state index is 11.1. The van der Waals surface area contributed by atoms with Crippen LogP contribution < -0.4 is 0 Å². The van der Waals surface area contributed by atoms with Gasteiger partial charge in [-0.1, -0.05) is 6.92 Å². The van der Waals surface area contributed by atoms with Crippen molar-refractivity contribution in [1.82, 2.24) is 24.5 Å². The number of pyridine rings is 1. The first kappa shape index (κ1) is 22.7. The highest BCUT2D eigenvalue weighted by molar-refractivity contribution is 5.70. The Bertz CT molecular complexity index is 1150. The van der Waals surface area contributed by atoms with E-state index in [-0.39, 0.29) is 18.6 Å². The summed E-state index contributed by atoms with van der Waals surface area (Å²) in [6.07, 6.45) is 11.2. The van der Waals surface area contributed by atoms with E-state index in [2.05, 4.69) is 21.1 Å². The number of hydrogen-bond acceptors (Lipinski definition) is 6. The first-order valence-electron chi connectivity index (χ1n) is 12.0. The van der Waals surface area contributed by atoms with E-state index in [4.69, 9.17) is 9.84 Å². The molecule has 1 saturated carbocycles. The molecule has 9 heteroatoms. The topological polar surface area (TPSA) is 113 Å². The van der Waals surface area contributed by atoms with Crippen LogP contribution in [0.1, 0.15) is 56.3 Å². The number of likely N-dealkylation sites (tertiary alicyclic amines) is 1. The maximum absolute atomic E-state index is 11.1. The maximum Gasteiger partial charge on any atom is 0.407 e. The van der Waals surface area contributed by atoms with Crippen molar-refractivity contribution in [3.05, 3.63) is 48.3 Å². The number of amides is 1. The summed E-state index contributed by atoms with van der Waals surface area (Å²) in [7, 11) is 0. The molecule has 9 nitrogen and oxygen atoms in total. The number of fused-ring (bicyclic) bond motifs is 1. The van der Waals surface area contributed by atoms with Gasteiger partial charge in [0, 0.05) is 48.2 Å². The molecule has 2 N–H and O–H groups in total. The van der Waals surface area contributed by atoms with Crippen molar-refractivity contribution >= 4 is 11.6 Å². The molecule has 4 heterocycles. The molecule has 0 unspecified atom stereocenters. The smallest absolute Gasteiger partial charge is 0.407 e. The number of aromatic nitrogens is 4. The lowest BCUT2D eigenvalue weighted by Crippen LogP contribution is -2.59. The Labute approximate surface area is 198 Å². The molecule has 0 radical (unpaired) electrons. The Balaban J connectivity index is 1.26. The normalized spacial score (nSPS) is 18.8. The van der Waals surface area contributed by atoms with Gasteiger partial charge in [0.2, 0.25) is 0 Å². The van der Waals surface area contributed by atoms with Gasteiger partial charge in [0.05, 0.1) is 24.4 Å². The molecular weight excluding hydrogens is 434 g/mol. The van der Waals surface area contributed by atoms with Crippen LogP contribution in [0.25, 0.3) is 16.6 Å². The van der Waals surface area contributed by atoms with Gasteiger partial charge in [-0.2, -0.15) is 5.10 Å². The minimum atomic E-state index is -0.803. The number of nitrogens with zero attached hydrogens (tertiary/aromatic N) is 5. The van der Waals surface area contributed by atoms with Gasteiger partial charge in [-0.15, -0.1) is 0 Å². The molecule has 1 aliphatic carbocycles. The standard InChI is InChI=1S/C25H31N5O4/c1-2-20(31)13-34-14-23-26-10-19(11-27-23)18-5-8-30-22(9-18)21(12-28-30)17-3-6-25(7-4-17)15-29(16-25)24(32)33/h5,8-12,17,20,31H,2-4,6-7,13-16H2,1H3,(H,32,33)/t20-/m0/s1. The number of carbonyl (C=O) groups is 1. The second kappa shape index (κ2) is 9.31. The van der Waals surface area contributed by atoms with Gasteiger partial charge in [0.1, 0.15) is 6.61 Å². The number of ether oxygens (including phenoxy) is 1. The SMILES string of the molecule is CC[C@H](O)COCc1ncc(-c2ccn3ncc(C4CCC5(CC4)CN(C(=O)O)C5)c3c2)cn1. The van der Waals surface area contributed by atoms with Crippen LogP contribution in [0, 0.1) is 5.41 Å². The third-order valence-electron chi connectivity index (χ3n) is 7.41. The van der Waals surface area contributed by atoms with Crippen molar-refractivity contribution in [3.63, 3.8) is 0 Å². The Kier molecular flexibility index (Phi) is 6.22. The molecule has 5 rings (SSSR count). The van der Waals surface area contributed by atoms with E-state index >= 15 is 0 Å². The predicted molar refractivity (Wildman–Crippen MR) is 125 cm³/mol. The average molecular weight is 466 g/mol. The molecule has 3 aromatic heterocycles. The highest BCUT2D eigenvalue weighted by Crippen LogP contribution is 2.48. The van der Waals surface area contributed by atoms with Crippen LogP contribution >= 0.6 is 0 Å². The number of hydrogen-bond donors (Lipinski definition) is 2. The molecule has 3 aromatic rings. The second-order valence-corrected chi connectivity index (χ2v) is 9.72. The van der Waals surface area contributed by atoms with E-state index in [1.165, 1.54) is 10.5 Å². The largest absolute Gasteiger partial charge is 0.465 e. The van der Waals surface area contributed by atoms with Gasteiger partial charge in [-0.05, 0) is 55.7 Å². The van der Waals surface area contributed by atoms with Crippen molar-refractivity contribution in [2.45, 2.75) is 57.7 Å². The lowest BCUT2D eigenvalue weighted by molar-refractivity contribution is -0.0187. The minimum absolute atomic E-state index is 0.181. The first-order valence-corrected chi connectivity index (χ1v) is 12.0. The Morgan fingerprint density at radius 1 is 1.21 bits per heavy atom. The molecule has 1 aliphatic heterocycles. The quantitative estimate of drug-likeness (QED) is 0.547. The summed E-state index contributed by atoms with van der Waals surface area (Å²) in [6, 6.07) is 4.16. The first-order chi connectivity index (χ1) is 16.5. The van der Waals surface area contributed by atoms with Crippen LogP contribution in [-0.4, -0.2) is 66.6 Å². The van der Waals surface area contributed by atoms with Gasteiger partial charge in [0.25, 0.3) is 0 Å². The van der Waals surface area contributed by atoms with E-state index in [0.29, 0.717) is 31.3 Å². The zero-order valence-electron chi connectivity index (χ0n) is 19.4. The molecule has 180 valence electrons. The fraction of sp³-hybridized carbons (Fsp3) is 0.520. The molecule has 2 fully saturated rings. The molecule has 1 saturated heterocycles. The van der Waals surface area contributed by atoms with Crippen molar-refractivity contribution in [3.8, 4) is 11.1 Å². The van der Waals surface area contributed by atoms with Gasteiger partial charge < -0.3 is 19.8 Å². The summed E-state index contributed by atoms with van der Waals surface area (Å²) in [5, 5.41) is 23.3. The Morgan fingerprint density at radius 3 is 2.62 bits per heavy atom. The van der Waals surface area contributed by atoms with Gasteiger partial charge in [-0.3, -0.25) is 0 Å². The summed E-state index contributed by atoms with van der Waals surface area (Å²) in [5.41, 5.74) is 4.50. The number of aliphatic hydroxyl groups excluding tert-OH is 1. The third kappa shape index (κ3) is 4.50. The molecule has 1 spiro atoms. The van der Waals surface area contributed by atoms with Crippen LogP contribution in [-0.2, 0) is 11.3 Å². The number of rotatable bonds is 7. The molecule has 0 bridgehead atoms. The van der Waals surface area contributed by atoms with E-state index in [1.807, 2.05) is 29.9 Å². The zero-order chi connectivity index (χ0) is 23.7. The molecule has 2 aliphatic rings. The fourth-order valence-corrected chi connectivity index (χ4v) is 5.23. The molecule has 1 amide bonds. The Morgan fingerprint density at radius 2 is 1.94 bits per heavy atom. The minimum Gasteiger partial charge on any atom is -0.465 e. The van der Waals surface area contributed by atoms with E-state index in [9.17, 15) is 9.90 Å². The van der Waals surface area contributed by atoms with E-state index in [1.54, 1.807) is 12.4 Å². The zero-order valence-corrected chi connectivity index (χ0v) is 19.4. The highest BCUT2D eigenvalue weighted by Gasteiger charge is 2.47. The summed E-state index contributed by atoms with van der Waals surface area (Å²) in [6.45, 7) is 3.82. The van der Waals surface area contributed by atoms with Crippen LogP contribution in [0.3, 0.4) is 0 Å². The lowest BCUT2D eigenvalue weighted by Gasteiger charge is -2.52. The van der Waals surface area contributed by atoms with Crippen LogP contribution in [0.15, 0.2) is 36.9 Å². The molecule has 0 aromatic carbocycles. The second-order valence-electron chi connectivity index (χ2n) is 9.72. The molecule has 34 heavy (non-hydrogen) atoms. The van der Waals surface area contributed by atoms with Crippen molar-refractivity contribution in [2.24, 2.45) is 5.41 Å². The molecule has 1 atom stereocenters. The van der Waals surface area contributed by atoms with Gasteiger partial charge >= 0.3 is 6.09 Å². The number of carboxylic acid groups (broad SMARTS) is 1. The third-order valence-corrected chi connectivity index (χ3v) is 7.41. The highest BCUT2D eigenvalue weighted by atomic mass is 16.5. The number of aliphatic hydroxyl groups is 1. The monoisotopic (exact) mass is 465 g/mol. The van der Waals surface area contributed by atoms with Crippen LogP contribution in [0.4, 0.5) is 4.79 Å². The summed E-state index contributed by atoms with van der Waals surface area (Å²) < 4.78 is 7.39. The van der Waals surface area contributed by atoms with E-state index in [0.717, 1.165) is 42.3 Å². The van der Waals surface area contributed by atoms with Crippen molar-refractivity contribution in [2.75, 3.05) is 19.7 Å². The Hall–Kier alpha value is -3.04. The average Bonchev–Trinajstić information content (AvgIpc) is 3.26. The predicted octanol–water partition coefficient (Wildman–Crippen LogP) is 3.72. The van der Waals surface area contributed by atoms with Crippen LogP contribution in [0.2, 0.25) is 0 Å². The van der Waals surface area contributed by atoms with E-state index < -0.39 is 12.2 Å². The summed E-state index contributed by atoms with van der Waals surface area (Å²) in [4.78, 5) is 21.5. The summed E-state index contributed by atoms with van der Waals surface area (Å²) >= 11 is 0. The van der Waals surface area contributed by atoms with Crippen molar-refractivity contribution < 1.29 is 19.7 Å². The molecular formula is C25H31N5O4. The summed E-state index contributed by atoms with van der Waals surface area (Å²) in [5.74, 6) is 1.03. The fourth-order valence-electron chi connectivity index (χ4n) is 5.23. The van der Waals surface area contributed by atoms with Gasteiger partial charge in [0.15, 0.2) is 5.82 Å². The van der Waals surface area contributed by atoms with Crippen molar-refractivity contribution in [1.29, 1.82) is 0 Å². The van der Waals surface area contributed by atoms with Gasteiger partial charge in [-0.25, -0.2) is 19.3 Å². The van der Waals surface area contributed by atoms with Crippen LogP contribution in [0.5, 0.6) is 0 Å². The lowest BCUT2D eigenvalue weighted by atomic mass is 9.65.